The molecule has 0 radical (unpaired) electrons. The number of nitrogens with zero attached hydrogens (tertiary/aromatic N) is 4. The van der Waals surface area contributed by atoms with E-state index >= 15 is 0 Å². The number of amides is 1. The summed E-state index contributed by atoms with van der Waals surface area (Å²) in [6, 6.07) is 0. The number of primary amides is 1. The molecule has 0 atom stereocenters. The Balaban J connectivity index is 2.64. The number of methoxy groups -OCH3 is 1. The van der Waals surface area contributed by atoms with Crippen molar-refractivity contribution < 1.29 is 9.53 Å². The van der Waals surface area contributed by atoms with Gasteiger partial charge in [0.05, 0.1) is 13.3 Å². The van der Waals surface area contributed by atoms with Crippen molar-refractivity contribution in [2.24, 2.45) is 5.73 Å². The fourth-order valence-corrected chi connectivity index (χ4v) is 1.52. The van der Waals surface area contributed by atoms with E-state index in [4.69, 9.17) is 22.1 Å². The summed E-state index contributed by atoms with van der Waals surface area (Å²) >= 11 is 5.69. The molecule has 0 aliphatic heterocycles. The van der Waals surface area contributed by atoms with E-state index < -0.39 is 5.91 Å². The lowest BCUT2D eigenvalue weighted by molar-refractivity contribution is -0.118. The molecule has 0 bridgehead atoms. The number of rotatable bonds is 3. The van der Waals surface area contributed by atoms with Crippen LogP contribution in [0.4, 0.5) is 0 Å². The number of nitrogens with two attached hydrogens (primary N) is 1. The number of carbonyl (C=O) groups is 1. The van der Waals surface area contributed by atoms with E-state index in [2.05, 4.69) is 15.1 Å². The van der Waals surface area contributed by atoms with Crippen LogP contribution in [0.15, 0.2) is 6.20 Å². The van der Waals surface area contributed by atoms with Crippen molar-refractivity contribution in [1.29, 1.82) is 0 Å². The molecule has 0 saturated carbocycles. The lowest BCUT2D eigenvalue weighted by atomic mass is 10.4. The zero-order valence-corrected chi connectivity index (χ0v) is 9.10. The van der Waals surface area contributed by atoms with E-state index in [-0.39, 0.29) is 17.7 Å². The molecule has 84 valence electrons. The highest BCUT2D eigenvalue weighted by atomic mass is 35.5. The van der Waals surface area contributed by atoms with E-state index in [1.807, 2.05) is 0 Å². The summed E-state index contributed by atoms with van der Waals surface area (Å²) in [6.45, 7) is -0.0646. The van der Waals surface area contributed by atoms with Gasteiger partial charge in [-0.2, -0.15) is 10.1 Å². The van der Waals surface area contributed by atoms with Gasteiger partial charge in [-0.05, 0) is 11.6 Å². The summed E-state index contributed by atoms with van der Waals surface area (Å²) in [5, 5.41) is 4.02. The molecule has 2 aromatic heterocycles. The van der Waals surface area contributed by atoms with Gasteiger partial charge in [0.2, 0.25) is 17.1 Å². The smallest absolute Gasteiger partial charge is 0.244 e. The lowest BCUT2D eigenvalue weighted by Gasteiger charge is -2.04. The molecule has 2 aromatic rings. The van der Waals surface area contributed by atoms with Crippen molar-refractivity contribution in [1.82, 2.24) is 19.7 Å². The van der Waals surface area contributed by atoms with Gasteiger partial charge in [0.25, 0.3) is 0 Å². The van der Waals surface area contributed by atoms with Gasteiger partial charge in [-0.3, -0.25) is 4.79 Å². The molecule has 0 saturated heterocycles. The first-order valence-electron chi connectivity index (χ1n) is 4.33. The number of halogens is 1. The van der Waals surface area contributed by atoms with Crippen LogP contribution in [0, 0.1) is 0 Å². The number of hydrogen-bond donors (Lipinski definition) is 1. The fraction of sp³-hybridized carbons (Fsp3) is 0.250. The third kappa shape index (κ3) is 1.76. The highest BCUT2D eigenvalue weighted by molar-refractivity contribution is 6.28. The minimum absolute atomic E-state index is 0.0583. The van der Waals surface area contributed by atoms with Crippen molar-refractivity contribution in [3.05, 3.63) is 11.5 Å². The summed E-state index contributed by atoms with van der Waals surface area (Å²) in [6.07, 6.45) is 1.47. The number of fused-ring (bicyclic) bond motifs is 1. The molecule has 0 aliphatic rings. The Morgan fingerprint density at radius 1 is 1.62 bits per heavy atom. The Labute approximate surface area is 95.2 Å². The Hall–Kier alpha value is -1.89. The molecule has 0 spiro atoms. The molecular weight excluding hydrogens is 234 g/mol. The van der Waals surface area contributed by atoms with E-state index in [0.29, 0.717) is 11.0 Å². The number of carbonyl (C=O) groups excluding carboxylic acids is 1. The maximum Gasteiger partial charge on any atom is 0.244 e. The highest BCUT2D eigenvalue weighted by Crippen LogP contribution is 2.23. The molecular formula is C8H8ClN5O2. The summed E-state index contributed by atoms with van der Waals surface area (Å²) in [5.41, 5.74) is 6.08. The molecule has 0 aromatic carbocycles. The van der Waals surface area contributed by atoms with Gasteiger partial charge in [0.1, 0.15) is 17.6 Å². The van der Waals surface area contributed by atoms with Crippen molar-refractivity contribution >= 4 is 28.5 Å². The minimum atomic E-state index is -0.512. The monoisotopic (exact) mass is 241 g/mol. The zero-order valence-electron chi connectivity index (χ0n) is 8.35. The minimum Gasteiger partial charge on any atom is -0.479 e. The van der Waals surface area contributed by atoms with Crippen molar-refractivity contribution in [3.63, 3.8) is 0 Å². The Morgan fingerprint density at radius 3 is 3.00 bits per heavy atom. The van der Waals surface area contributed by atoms with Crippen LogP contribution in [-0.4, -0.2) is 32.8 Å². The summed E-state index contributed by atoms with van der Waals surface area (Å²) < 4.78 is 6.41. The molecule has 1 amide bonds. The first kappa shape index (κ1) is 10.6. The Bertz CT molecular complexity index is 553. The second-order valence-electron chi connectivity index (χ2n) is 3.00. The molecule has 0 aliphatic carbocycles. The lowest BCUT2D eigenvalue weighted by Crippen LogP contribution is -2.19. The van der Waals surface area contributed by atoms with E-state index in [9.17, 15) is 4.79 Å². The molecule has 2 N–H and O–H groups in total. The van der Waals surface area contributed by atoms with Crippen molar-refractivity contribution in [2.45, 2.75) is 6.54 Å². The van der Waals surface area contributed by atoms with Crippen LogP contribution in [0.3, 0.4) is 0 Å². The maximum absolute atomic E-state index is 10.8. The molecule has 2 heterocycles. The van der Waals surface area contributed by atoms with E-state index in [0.717, 1.165) is 0 Å². The molecule has 0 fully saturated rings. The average molecular weight is 242 g/mol. The van der Waals surface area contributed by atoms with Crippen molar-refractivity contribution in [3.8, 4) is 5.88 Å². The normalized spacial score (nSPS) is 10.6. The van der Waals surface area contributed by atoms with Crippen LogP contribution >= 0.6 is 11.6 Å². The number of aromatic nitrogens is 4. The van der Waals surface area contributed by atoms with Crippen LogP contribution in [0.1, 0.15) is 0 Å². The predicted molar refractivity (Wildman–Crippen MR) is 56.1 cm³/mol. The SMILES string of the molecule is COc1nc(Cl)nc2cnn(CC(N)=O)c12. The van der Waals surface area contributed by atoms with Crippen LogP contribution in [0.5, 0.6) is 5.88 Å². The van der Waals surface area contributed by atoms with E-state index in [1.165, 1.54) is 18.0 Å². The van der Waals surface area contributed by atoms with Gasteiger partial charge < -0.3 is 10.5 Å². The molecule has 0 unspecified atom stereocenters. The van der Waals surface area contributed by atoms with Gasteiger partial charge in [0.15, 0.2) is 0 Å². The largest absolute Gasteiger partial charge is 0.479 e. The van der Waals surface area contributed by atoms with Crippen molar-refractivity contribution in [2.75, 3.05) is 7.11 Å². The molecule has 2 rings (SSSR count). The average Bonchev–Trinajstić information content (AvgIpc) is 2.59. The number of ether oxygens (including phenoxy) is 1. The summed E-state index contributed by atoms with van der Waals surface area (Å²) in [4.78, 5) is 18.7. The van der Waals surface area contributed by atoms with Gasteiger partial charge in [-0.1, -0.05) is 0 Å². The quantitative estimate of drug-likeness (QED) is 0.762. The van der Waals surface area contributed by atoms with Gasteiger partial charge in [-0.15, -0.1) is 0 Å². The third-order valence-corrected chi connectivity index (χ3v) is 2.10. The highest BCUT2D eigenvalue weighted by Gasteiger charge is 2.14. The van der Waals surface area contributed by atoms with Gasteiger partial charge >= 0.3 is 0 Å². The third-order valence-electron chi connectivity index (χ3n) is 1.93. The van der Waals surface area contributed by atoms with E-state index in [1.54, 1.807) is 0 Å². The zero-order chi connectivity index (χ0) is 11.7. The maximum atomic E-state index is 10.8. The van der Waals surface area contributed by atoms with Gasteiger partial charge in [0, 0.05) is 0 Å². The topological polar surface area (TPSA) is 95.9 Å². The molecule has 8 heteroatoms. The molecule has 7 nitrogen and oxygen atoms in total. The Kier molecular flexibility index (Phi) is 2.61. The second-order valence-corrected chi connectivity index (χ2v) is 3.34. The van der Waals surface area contributed by atoms with Crippen LogP contribution in [0.2, 0.25) is 5.28 Å². The first-order chi connectivity index (χ1) is 7.61. The first-order valence-corrected chi connectivity index (χ1v) is 4.71. The Morgan fingerprint density at radius 2 is 2.38 bits per heavy atom. The summed E-state index contributed by atoms with van der Waals surface area (Å²) in [7, 11) is 1.44. The summed E-state index contributed by atoms with van der Waals surface area (Å²) in [5.74, 6) is -0.254. The van der Waals surface area contributed by atoms with Crippen LogP contribution in [0.25, 0.3) is 11.0 Å². The van der Waals surface area contributed by atoms with Gasteiger partial charge in [-0.25, -0.2) is 9.67 Å². The number of hydrogen-bond acceptors (Lipinski definition) is 5. The predicted octanol–water partition coefficient (Wildman–Crippen LogP) is -0.0264. The second kappa shape index (κ2) is 3.93. The standard InChI is InChI=1S/C8H8ClN5O2/c1-16-7-6-4(12-8(9)13-7)2-11-14(6)3-5(10)15/h2H,3H2,1H3,(H2,10,15). The fourth-order valence-electron chi connectivity index (χ4n) is 1.35. The molecule has 16 heavy (non-hydrogen) atoms. The van der Waals surface area contributed by atoms with Crippen LogP contribution < -0.4 is 10.5 Å². The van der Waals surface area contributed by atoms with Crippen LogP contribution in [-0.2, 0) is 11.3 Å².